The summed E-state index contributed by atoms with van der Waals surface area (Å²) in [4.78, 5) is 12.0. The van der Waals surface area contributed by atoms with Crippen molar-refractivity contribution in [1.29, 1.82) is 0 Å². The van der Waals surface area contributed by atoms with Gasteiger partial charge in [0.1, 0.15) is 5.75 Å². The molecule has 0 bridgehead atoms. The molecule has 0 spiro atoms. The Morgan fingerprint density at radius 1 is 1.33 bits per heavy atom. The van der Waals surface area contributed by atoms with Gasteiger partial charge in [-0.15, -0.1) is 11.8 Å². The van der Waals surface area contributed by atoms with Crippen LogP contribution in [0.4, 0.5) is 0 Å². The van der Waals surface area contributed by atoms with Crippen molar-refractivity contribution in [2.24, 2.45) is 0 Å². The summed E-state index contributed by atoms with van der Waals surface area (Å²) in [5.41, 5.74) is 1.36. The molecule has 21 heavy (non-hydrogen) atoms. The molecule has 5 heteroatoms. The predicted molar refractivity (Wildman–Crippen MR) is 83.8 cm³/mol. The van der Waals surface area contributed by atoms with Gasteiger partial charge in [0.15, 0.2) is 0 Å². The number of carbonyl (C=O) groups is 1. The largest absolute Gasteiger partial charge is 0.493 e. The van der Waals surface area contributed by atoms with E-state index < -0.39 is 5.97 Å². The van der Waals surface area contributed by atoms with Crippen LogP contribution in [0, 0.1) is 0 Å². The number of hydrogen-bond acceptors (Lipinski definition) is 3. The van der Waals surface area contributed by atoms with E-state index >= 15 is 0 Å². The lowest BCUT2D eigenvalue weighted by atomic mass is 10.0. The Balaban J connectivity index is 1.72. The Bertz CT molecular complexity index is 687. The van der Waals surface area contributed by atoms with Crippen LogP contribution in [0.2, 0.25) is 5.02 Å². The standard InChI is InChI=1S/C16H13ClO3S/c17-14-6-5-11(7-13(14)16(18)19)21-9-10-8-20-15-4-2-1-3-12(10)15/h1-7,10H,8-9H2,(H,18,19). The third kappa shape index (κ3) is 3.01. The van der Waals surface area contributed by atoms with E-state index in [2.05, 4.69) is 6.07 Å². The molecule has 0 radical (unpaired) electrons. The van der Waals surface area contributed by atoms with Crippen LogP contribution in [0.15, 0.2) is 47.4 Å². The van der Waals surface area contributed by atoms with Crippen molar-refractivity contribution in [3.05, 3.63) is 58.6 Å². The molecular weight excluding hydrogens is 308 g/mol. The van der Waals surface area contributed by atoms with Crippen LogP contribution in [-0.2, 0) is 0 Å². The number of halogens is 1. The highest BCUT2D eigenvalue weighted by molar-refractivity contribution is 7.99. The SMILES string of the molecule is O=C(O)c1cc(SCC2COc3ccccc32)ccc1Cl. The monoisotopic (exact) mass is 320 g/mol. The first-order valence-corrected chi connectivity index (χ1v) is 7.89. The fraction of sp³-hybridized carbons (Fsp3) is 0.188. The van der Waals surface area contributed by atoms with Crippen molar-refractivity contribution in [3.63, 3.8) is 0 Å². The van der Waals surface area contributed by atoms with Crippen molar-refractivity contribution in [1.82, 2.24) is 0 Å². The third-order valence-corrected chi connectivity index (χ3v) is 4.90. The number of hydrogen-bond donors (Lipinski definition) is 1. The lowest BCUT2D eigenvalue weighted by Crippen LogP contribution is -2.03. The van der Waals surface area contributed by atoms with Gasteiger partial charge in [0.05, 0.1) is 17.2 Å². The van der Waals surface area contributed by atoms with Crippen LogP contribution in [0.1, 0.15) is 21.8 Å². The molecule has 3 rings (SSSR count). The van der Waals surface area contributed by atoms with Gasteiger partial charge >= 0.3 is 5.97 Å². The van der Waals surface area contributed by atoms with Crippen molar-refractivity contribution in [2.75, 3.05) is 12.4 Å². The molecule has 2 aromatic rings. The van der Waals surface area contributed by atoms with E-state index in [1.165, 1.54) is 5.56 Å². The summed E-state index contributed by atoms with van der Waals surface area (Å²) in [5.74, 6) is 1.12. The first-order valence-electron chi connectivity index (χ1n) is 6.52. The zero-order valence-electron chi connectivity index (χ0n) is 11.1. The lowest BCUT2D eigenvalue weighted by Gasteiger charge is -2.09. The second kappa shape index (κ2) is 6.00. The third-order valence-electron chi connectivity index (χ3n) is 3.42. The molecule has 1 atom stereocenters. The van der Waals surface area contributed by atoms with Gasteiger partial charge in [-0.3, -0.25) is 0 Å². The summed E-state index contributed by atoms with van der Waals surface area (Å²) in [6, 6.07) is 13.1. The van der Waals surface area contributed by atoms with Crippen LogP contribution >= 0.6 is 23.4 Å². The van der Waals surface area contributed by atoms with Crippen molar-refractivity contribution >= 4 is 29.3 Å². The number of benzene rings is 2. The summed E-state index contributed by atoms with van der Waals surface area (Å²) in [7, 11) is 0. The molecule has 1 aliphatic rings. The number of para-hydroxylation sites is 1. The fourth-order valence-corrected chi connectivity index (χ4v) is 3.56. The zero-order valence-corrected chi connectivity index (χ0v) is 12.7. The summed E-state index contributed by atoms with van der Waals surface area (Å²) in [6.45, 7) is 0.672. The normalized spacial score (nSPS) is 16.3. The van der Waals surface area contributed by atoms with E-state index in [0.29, 0.717) is 12.5 Å². The topological polar surface area (TPSA) is 46.5 Å². The van der Waals surface area contributed by atoms with Crippen molar-refractivity contribution in [3.8, 4) is 5.75 Å². The molecule has 1 heterocycles. The molecular formula is C16H13ClO3S. The molecule has 3 nitrogen and oxygen atoms in total. The molecule has 0 fully saturated rings. The maximum absolute atomic E-state index is 11.1. The molecule has 0 saturated heterocycles. The van der Waals surface area contributed by atoms with Gasteiger partial charge in [-0.1, -0.05) is 29.8 Å². The number of aromatic carboxylic acids is 1. The zero-order chi connectivity index (χ0) is 14.8. The summed E-state index contributed by atoms with van der Waals surface area (Å²) < 4.78 is 5.65. The molecule has 0 aliphatic carbocycles. The minimum absolute atomic E-state index is 0.143. The quantitative estimate of drug-likeness (QED) is 0.853. The van der Waals surface area contributed by atoms with E-state index in [1.54, 1.807) is 23.9 Å². The first-order chi connectivity index (χ1) is 10.1. The fourth-order valence-electron chi connectivity index (χ4n) is 2.32. The number of carboxylic acid groups (broad SMARTS) is 1. The smallest absolute Gasteiger partial charge is 0.337 e. The Labute approximate surface area is 131 Å². The maximum Gasteiger partial charge on any atom is 0.337 e. The van der Waals surface area contributed by atoms with Crippen LogP contribution in [-0.4, -0.2) is 23.4 Å². The van der Waals surface area contributed by atoms with Gasteiger partial charge in [-0.25, -0.2) is 4.79 Å². The van der Waals surface area contributed by atoms with Gasteiger partial charge in [0.2, 0.25) is 0 Å². The highest BCUT2D eigenvalue weighted by atomic mass is 35.5. The van der Waals surface area contributed by atoms with Gasteiger partial charge in [0.25, 0.3) is 0 Å². The molecule has 0 saturated carbocycles. The molecule has 1 N–H and O–H groups in total. The van der Waals surface area contributed by atoms with E-state index in [1.807, 2.05) is 24.3 Å². The number of rotatable bonds is 4. The van der Waals surface area contributed by atoms with Crippen LogP contribution < -0.4 is 4.74 Å². The summed E-state index contributed by atoms with van der Waals surface area (Å²) >= 11 is 7.49. The first kappa shape index (κ1) is 14.3. The minimum atomic E-state index is -1.00. The van der Waals surface area contributed by atoms with Crippen LogP contribution in [0.5, 0.6) is 5.75 Å². The average Bonchev–Trinajstić information content (AvgIpc) is 2.89. The Morgan fingerprint density at radius 3 is 2.95 bits per heavy atom. The Morgan fingerprint density at radius 2 is 2.14 bits per heavy atom. The lowest BCUT2D eigenvalue weighted by molar-refractivity contribution is 0.0697. The summed E-state index contributed by atoms with van der Waals surface area (Å²) in [6.07, 6.45) is 0. The predicted octanol–water partition coefficient (Wildman–Crippen LogP) is 4.31. The van der Waals surface area contributed by atoms with Gasteiger partial charge < -0.3 is 9.84 Å². The van der Waals surface area contributed by atoms with Crippen LogP contribution in [0.25, 0.3) is 0 Å². The van der Waals surface area contributed by atoms with Gasteiger partial charge in [-0.2, -0.15) is 0 Å². The molecule has 1 unspecified atom stereocenters. The second-order valence-corrected chi connectivity index (χ2v) is 6.30. The number of carboxylic acids is 1. The number of ether oxygens (including phenoxy) is 1. The highest BCUT2D eigenvalue weighted by Gasteiger charge is 2.23. The van der Waals surface area contributed by atoms with E-state index in [-0.39, 0.29) is 10.6 Å². The number of thioether (sulfide) groups is 1. The molecule has 0 aromatic heterocycles. The highest BCUT2D eigenvalue weighted by Crippen LogP contribution is 2.37. The van der Waals surface area contributed by atoms with Crippen molar-refractivity contribution in [2.45, 2.75) is 10.8 Å². The van der Waals surface area contributed by atoms with Gasteiger partial charge in [-0.05, 0) is 24.3 Å². The van der Waals surface area contributed by atoms with Gasteiger partial charge in [0, 0.05) is 22.1 Å². The number of fused-ring (bicyclic) bond motifs is 1. The minimum Gasteiger partial charge on any atom is -0.493 e. The Kier molecular flexibility index (Phi) is 4.08. The Hall–Kier alpha value is -1.65. The van der Waals surface area contributed by atoms with Crippen molar-refractivity contribution < 1.29 is 14.6 Å². The van der Waals surface area contributed by atoms with E-state index in [4.69, 9.17) is 21.4 Å². The second-order valence-electron chi connectivity index (χ2n) is 4.80. The van der Waals surface area contributed by atoms with E-state index in [0.717, 1.165) is 16.4 Å². The molecule has 2 aromatic carbocycles. The maximum atomic E-state index is 11.1. The average molecular weight is 321 g/mol. The summed E-state index contributed by atoms with van der Waals surface area (Å²) in [5, 5.41) is 9.35. The van der Waals surface area contributed by atoms with E-state index in [9.17, 15) is 4.79 Å². The molecule has 0 amide bonds. The van der Waals surface area contributed by atoms with Crippen LogP contribution in [0.3, 0.4) is 0 Å². The molecule has 1 aliphatic heterocycles. The molecule has 108 valence electrons.